The van der Waals surface area contributed by atoms with Gasteiger partial charge in [0, 0.05) is 23.6 Å². The fraction of sp³-hybridized carbons (Fsp3) is 0.200. The zero-order valence-corrected chi connectivity index (χ0v) is 10.7. The van der Waals surface area contributed by atoms with Crippen LogP contribution in [0.1, 0.15) is 5.56 Å². The Morgan fingerprint density at radius 1 is 1.22 bits per heavy atom. The number of fused-ring (bicyclic) bond motifs is 1. The highest BCUT2D eigenvalue weighted by molar-refractivity contribution is 6.31. The molecule has 2 aromatic rings. The molecule has 0 radical (unpaired) electrons. The van der Waals surface area contributed by atoms with Crippen LogP contribution in [0.25, 0.3) is 11.1 Å². The Morgan fingerprint density at radius 3 is 2.72 bits per heavy atom. The van der Waals surface area contributed by atoms with Crippen molar-refractivity contribution in [2.24, 2.45) is 5.73 Å². The summed E-state index contributed by atoms with van der Waals surface area (Å²) in [6.07, 6.45) is 0.910. The molecule has 0 saturated carbocycles. The first-order valence-corrected chi connectivity index (χ1v) is 6.40. The fourth-order valence-electron chi connectivity index (χ4n) is 2.36. The van der Waals surface area contributed by atoms with E-state index in [-0.39, 0.29) is 6.10 Å². The van der Waals surface area contributed by atoms with Gasteiger partial charge in [0.25, 0.3) is 0 Å². The molecule has 1 aliphatic heterocycles. The normalized spacial score (nSPS) is 17.3. The lowest BCUT2D eigenvalue weighted by Crippen LogP contribution is -2.24. The minimum atomic E-state index is 0.0703. The molecule has 0 unspecified atom stereocenters. The third kappa shape index (κ3) is 1.98. The molecular formula is C15H14ClNO. The number of hydrogen-bond donors (Lipinski definition) is 1. The van der Waals surface area contributed by atoms with E-state index in [9.17, 15) is 0 Å². The highest BCUT2D eigenvalue weighted by Gasteiger charge is 2.25. The summed E-state index contributed by atoms with van der Waals surface area (Å²) >= 11 is 6.18. The van der Waals surface area contributed by atoms with Crippen LogP contribution in [0.5, 0.6) is 5.75 Å². The molecule has 3 rings (SSSR count). The summed E-state index contributed by atoms with van der Waals surface area (Å²) in [5.74, 6) is 0.932. The summed E-state index contributed by atoms with van der Waals surface area (Å²) in [6, 6.07) is 14.1. The van der Waals surface area contributed by atoms with Crippen LogP contribution < -0.4 is 10.5 Å². The van der Waals surface area contributed by atoms with E-state index in [4.69, 9.17) is 22.1 Å². The number of rotatable bonds is 2. The zero-order valence-electron chi connectivity index (χ0n) is 9.90. The maximum atomic E-state index is 6.18. The molecule has 1 atom stereocenters. The van der Waals surface area contributed by atoms with Crippen LogP contribution in [-0.2, 0) is 6.42 Å². The van der Waals surface area contributed by atoms with Crippen molar-refractivity contribution in [1.82, 2.24) is 0 Å². The highest BCUT2D eigenvalue weighted by Crippen LogP contribution is 2.40. The Labute approximate surface area is 111 Å². The van der Waals surface area contributed by atoms with E-state index in [1.807, 2.05) is 30.3 Å². The number of ether oxygens (including phenoxy) is 1. The van der Waals surface area contributed by atoms with E-state index in [0.717, 1.165) is 33.9 Å². The van der Waals surface area contributed by atoms with Gasteiger partial charge in [-0.3, -0.25) is 0 Å². The van der Waals surface area contributed by atoms with Gasteiger partial charge in [-0.25, -0.2) is 0 Å². The second-order valence-electron chi connectivity index (χ2n) is 4.49. The maximum absolute atomic E-state index is 6.18. The molecule has 0 bridgehead atoms. The second kappa shape index (κ2) is 4.63. The summed E-state index contributed by atoms with van der Waals surface area (Å²) in [7, 11) is 0. The van der Waals surface area contributed by atoms with Crippen LogP contribution in [0.4, 0.5) is 0 Å². The smallest absolute Gasteiger partial charge is 0.131 e. The Balaban J connectivity index is 2.12. The van der Waals surface area contributed by atoms with Gasteiger partial charge in [0.1, 0.15) is 11.9 Å². The van der Waals surface area contributed by atoms with Crippen LogP contribution in [0, 0.1) is 0 Å². The van der Waals surface area contributed by atoms with Crippen molar-refractivity contribution in [3.63, 3.8) is 0 Å². The first kappa shape index (κ1) is 11.6. The number of nitrogens with two attached hydrogens (primary N) is 1. The molecule has 0 fully saturated rings. The van der Waals surface area contributed by atoms with Gasteiger partial charge in [-0.1, -0.05) is 41.9 Å². The molecule has 0 aromatic heterocycles. The summed E-state index contributed by atoms with van der Waals surface area (Å²) in [6.45, 7) is 0.528. The van der Waals surface area contributed by atoms with Crippen molar-refractivity contribution < 1.29 is 4.74 Å². The van der Waals surface area contributed by atoms with E-state index in [2.05, 4.69) is 12.1 Å². The lowest BCUT2D eigenvalue weighted by Gasteiger charge is -2.11. The summed E-state index contributed by atoms with van der Waals surface area (Å²) < 4.78 is 5.91. The van der Waals surface area contributed by atoms with E-state index in [1.165, 1.54) is 0 Å². The number of halogens is 1. The van der Waals surface area contributed by atoms with Crippen molar-refractivity contribution in [2.45, 2.75) is 12.5 Å². The van der Waals surface area contributed by atoms with Gasteiger partial charge in [0.2, 0.25) is 0 Å². The molecule has 0 aliphatic carbocycles. The molecular weight excluding hydrogens is 246 g/mol. The molecule has 92 valence electrons. The predicted molar refractivity (Wildman–Crippen MR) is 74.1 cm³/mol. The van der Waals surface area contributed by atoms with Crippen LogP contribution in [0.15, 0.2) is 42.5 Å². The summed E-state index contributed by atoms with van der Waals surface area (Å²) in [5, 5.41) is 0.744. The molecule has 3 heteroatoms. The first-order valence-electron chi connectivity index (χ1n) is 6.02. The lowest BCUT2D eigenvalue weighted by atomic mass is 10.0. The lowest BCUT2D eigenvalue weighted by molar-refractivity contribution is 0.242. The van der Waals surface area contributed by atoms with Gasteiger partial charge in [-0.05, 0) is 23.3 Å². The topological polar surface area (TPSA) is 35.2 Å². The number of benzene rings is 2. The average Bonchev–Trinajstić information content (AvgIpc) is 2.81. The van der Waals surface area contributed by atoms with Crippen molar-refractivity contribution in [1.29, 1.82) is 0 Å². The van der Waals surface area contributed by atoms with Crippen LogP contribution in [0.3, 0.4) is 0 Å². The molecule has 2 nitrogen and oxygen atoms in total. The van der Waals surface area contributed by atoms with Gasteiger partial charge in [-0.2, -0.15) is 0 Å². The van der Waals surface area contributed by atoms with Crippen molar-refractivity contribution in [3.8, 4) is 16.9 Å². The zero-order chi connectivity index (χ0) is 12.5. The molecule has 0 saturated heterocycles. The van der Waals surface area contributed by atoms with Crippen molar-refractivity contribution >= 4 is 11.6 Å². The van der Waals surface area contributed by atoms with E-state index < -0.39 is 0 Å². The van der Waals surface area contributed by atoms with E-state index >= 15 is 0 Å². The Morgan fingerprint density at radius 2 is 2.00 bits per heavy atom. The van der Waals surface area contributed by atoms with E-state index in [0.29, 0.717) is 6.54 Å². The molecule has 1 aliphatic rings. The van der Waals surface area contributed by atoms with Gasteiger partial charge in [0.05, 0.1) is 0 Å². The summed E-state index contributed by atoms with van der Waals surface area (Å²) in [5.41, 5.74) is 9.00. The minimum absolute atomic E-state index is 0.0703. The molecule has 18 heavy (non-hydrogen) atoms. The molecule has 1 heterocycles. The Hall–Kier alpha value is -1.51. The largest absolute Gasteiger partial charge is 0.488 e. The minimum Gasteiger partial charge on any atom is -0.488 e. The fourth-order valence-corrected chi connectivity index (χ4v) is 2.60. The SMILES string of the molecule is NC[C@@H]1Cc2cc(Cl)cc(-c3ccccc3)c2O1. The van der Waals surface area contributed by atoms with Crippen LogP contribution in [-0.4, -0.2) is 12.6 Å². The quantitative estimate of drug-likeness (QED) is 0.898. The molecule has 0 spiro atoms. The van der Waals surface area contributed by atoms with Gasteiger partial charge in [0.15, 0.2) is 0 Å². The van der Waals surface area contributed by atoms with Crippen LogP contribution in [0.2, 0.25) is 5.02 Å². The van der Waals surface area contributed by atoms with E-state index in [1.54, 1.807) is 0 Å². The Bertz CT molecular complexity index is 568. The number of hydrogen-bond acceptors (Lipinski definition) is 2. The Kier molecular flexibility index (Phi) is 2.98. The van der Waals surface area contributed by atoms with Gasteiger partial charge >= 0.3 is 0 Å². The third-order valence-electron chi connectivity index (χ3n) is 3.21. The second-order valence-corrected chi connectivity index (χ2v) is 4.92. The highest BCUT2D eigenvalue weighted by atomic mass is 35.5. The van der Waals surface area contributed by atoms with Gasteiger partial charge < -0.3 is 10.5 Å². The monoisotopic (exact) mass is 259 g/mol. The average molecular weight is 260 g/mol. The molecule has 2 N–H and O–H groups in total. The predicted octanol–water partition coefficient (Wildman–Crippen LogP) is 3.27. The van der Waals surface area contributed by atoms with Crippen molar-refractivity contribution in [2.75, 3.05) is 6.54 Å². The molecule has 2 aromatic carbocycles. The maximum Gasteiger partial charge on any atom is 0.131 e. The van der Waals surface area contributed by atoms with Crippen LogP contribution >= 0.6 is 11.6 Å². The standard InChI is InChI=1S/C15H14ClNO/c16-12-6-11-7-13(9-17)18-15(11)14(8-12)10-4-2-1-3-5-10/h1-6,8,13H,7,9,17H2/t13-/m0/s1. The third-order valence-corrected chi connectivity index (χ3v) is 3.43. The molecule has 0 amide bonds. The van der Waals surface area contributed by atoms with Crippen molar-refractivity contribution in [3.05, 3.63) is 53.1 Å². The summed E-state index contributed by atoms with van der Waals surface area (Å²) in [4.78, 5) is 0. The van der Waals surface area contributed by atoms with Gasteiger partial charge in [-0.15, -0.1) is 0 Å². The first-order chi connectivity index (χ1) is 8.78.